The third-order valence-electron chi connectivity index (χ3n) is 5.46. The van der Waals surface area contributed by atoms with Gasteiger partial charge in [0.2, 0.25) is 0 Å². The van der Waals surface area contributed by atoms with Crippen molar-refractivity contribution in [2.24, 2.45) is 20.5 Å². The molecule has 0 spiro atoms. The average Bonchev–Trinajstić information content (AvgIpc) is 2.90. The van der Waals surface area contributed by atoms with E-state index in [0.717, 1.165) is 24.3 Å². The topological polar surface area (TPSA) is 239 Å². The molecule has 0 aliphatic carbocycles. The lowest BCUT2D eigenvalue weighted by Gasteiger charge is -2.06. The van der Waals surface area contributed by atoms with E-state index < -0.39 is 30.0 Å². The van der Waals surface area contributed by atoms with Gasteiger partial charge in [0, 0.05) is 12.1 Å². The predicted octanol–water partition coefficient (Wildman–Crippen LogP) is 6.00. The molecule has 4 rings (SSSR count). The van der Waals surface area contributed by atoms with Crippen LogP contribution in [0.4, 0.5) is 22.7 Å². The lowest BCUT2D eigenvalue weighted by molar-refractivity contribution is 0.450. The third kappa shape index (κ3) is 7.32. The van der Waals surface area contributed by atoms with Crippen molar-refractivity contribution in [3.8, 4) is 23.0 Å². The van der Waals surface area contributed by atoms with Crippen molar-refractivity contribution in [2.75, 3.05) is 0 Å². The maximum atomic E-state index is 12.1. The van der Waals surface area contributed by atoms with Crippen LogP contribution in [0.2, 0.25) is 0 Å². The molecular formula is C26H20N4O10S2. The number of azo groups is 2. The zero-order valence-electron chi connectivity index (χ0n) is 21.0. The lowest BCUT2D eigenvalue weighted by atomic mass is 10.1. The van der Waals surface area contributed by atoms with Crippen molar-refractivity contribution in [1.29, 1.82) is 0 Å². The van der Waals surface area contributed by atoms with Gasteiger partial charge in [-0.05, 0) is 59.7 Å². The van der Waals surface area contributed by atoms with E-state index in [2.05, 4.69) is 20.5 Å². The minimum atomic E-state index is -4.81. The van der Waals surface area contributed by atoms with Crippen LogP contribution in [0.15, 0.2) is 103 Å². The van der Waals surface area contributed by atoms with E-state index in [9.17, 15) is 46.4 Å². The molecule has 0 saturated carbocycles. The smallest absolute Gasteiger partial charge is 0.295 e. The molecule has 6 N–H and O–H groups in total. The molecule has 42 heavy (non-hydrogen) atoms. The second kappa shape index (κ2) is 11.8. The fourth-order valence-corrected chi connectivity index (χ4v) is 4.90. The van der Waals surface area contributed by atoms with Crippen LogP contribution >= 0.6 is 0 Å². The first-order chi connectivity index (χ1) is 19.7. The highest BCUT2D eigenvalue weighted by atomic mass is 32.2. The van der Waals surface area contributed by atoms with Gasteiger partial charge in [0.05, 0.1) is 11.4 Å². The van der Waals surface area contributed by atoms with Gasteiger partial charge in [-0.25, -0.2) is 0 Å². The Bertz CT molecular complexity index is 1850. The molecule has 0 fully saturated rings. The summed E-state index contributed by atoms with van der Waals surface area (Å²) in [6.45, 7) is 0. The van der Waals surface area contributed by atoms with Crippen molar-refractivity contribution in [2.45, 2.75) is 9.79 Å². The van der Waals surface area contributed by atoms with Crippen LogP contribution in [0.5, 0.6) is 23.0 Å². The van der Waals surface area contributed by atoms with Gasteiger partial charge in [0.1, 0.15) is 44.2 Å². The van der Waals surface area contributed by atoms with E-state index in [1.165, 1.54) is 60.7 Å². The second-order valence-electron chi connectivity index (χ2n) is 8.47. The summed E-state index contributed by atoms with van der Waals surface area (Å²) in [5.74, 6) is -1.17. The Morgan fingerprint density at radius 3 is 1.21 bits per heavy atom. The normalized spacial score (nSPS) is 12.5. The quantitative estimate of drug-likeness (QED) is 0.0769. The molecule has 0 heterocycles. The van der Waals surface area contributed by atoms with E-state index in [4.69, 9.17) is 0 Å². The van der Waals surface area contributed by atoms with Crippen LogP contribution < -0.4 is 0 Å². The van der Waals surface area contributed by atoms with E-state index in [-0.39, 0.29) is 56.9 Å². The molecule has 4 aromatic rings. The number of hydrogen-bond acceptors (Lipinski definition) is 12. The van der Waals surface area contributed by atoms with Crippen molar-refractivity contribution in [3.05, 3.63) is 83.9 Å². The minimum Gasteiger partial charge on any atom is -0.508 e. The van der Waals surface area contributed by atoms with Gasteiger partial charge in [-0.2, -0.15) is 27.1 Å². The number of benzene rings is 4. The highest BCUT2D eigenvalue weighted by molar-refractivity contribution is 7.86. The van der Waals surface area contributed by atoms with Crippen molar-refractivity contribution >= 4 is 55.1 Å². The van der Waals surface area contributed by atoms with Gasteiger partial charge >= 0.3 is 0 Å². The summed E-state index contributed by atoms with van der Waals surface area (Å²) in [5, 5.41) is 53.6. The molecule has 0 amide bonds. The van der Waals surface area contributed by atoms with Crippen LogP contribution in [0.1, 0.15) is 11.1 Å². The monoisotopic (exact) mass is 612 g/mol. The van der Waals surface area contributed by atoms with E-state index in [0.29, 0.717) is 0 Å². The van der Waals surface area contributed by atoms with Crippen LogP contribution in [0, 0.1) is 0 Å². The first-order valence-corrected chi connectivity index (χ1v) is 14.4. The van der Waals surface area contributed by atoms with Gasteiger partial charge in [-0.3, -0.25) is 9.11 Å². The third-order valence-corrected chi connectivity index (χ3v) is 7.28. The maximum Gasteiger partial charge on any atom is 0.295 e. The number of rotatable bonds is 8. The molecule has 14 nitrogen and oxygen atoms in total. The summed E-state index contributed by atoms with van der Waals surface area (Å²) < 4.78 is 67.8. The number of hydrogen-bond donors (Lipinski definition) is 6. The molecule has 0 bridgehead atoms. The summed E-state index contributed by atoms with van der Waals surface area (Å²) >= 11 is 0. The summed E-state index contributed by atoms with van der Waals surface area (Å²) in [6.07, 6.45) is 2.35. The molecule has 16 heteroatoms. The number of nitrogens with zero attached hydrogens (tertiary/aromatic N) is 4. The van der Waals surface area contributed by atoms with E-state index >= 15 is 0 Å². The second-order valence-corrected chi connectivity index (χ2v) is 11.3. The average molecular weight is 613 g/mol. The SMILES string of the molecule is O=S(=O)(O)c1cc(N=Nc2ccc(O)cc2O)ccc1/C=C\c1ccc(N=Nc2ccc(O)cc2O)cc1S(=O)(=O)O. The van der Waals surface area contributed by atoms with Crippen LogP contribution in [-0.2, 0) is 20.2 Å². The lowest BCUT2D eigenvalue weighted by Crippen LogP contribution is -2.01. The predicted molar refractivity (Wildman–Crippen MR) is 149 cm³/mol. The standard InChI is InChI=1S/C26H20N4O10S2/c31-19-7-9-21(23(33)13-19)29-27-17-5-3-15(25(11-17)41(35,36)37)1-2-16-4-6-18(12-26(16)42(38,39)40)28-30-22-10-8-20(32)14-24(22)34/h1-14,31-34H,(H,35,36,37)(H,38,39,40)/b2-1-,29-27?,30-28?. The fourth-order valence-electron chi connectivity index (χ4n) is 3.49. The highest BCUT2D eigenvalue weighted by Crippen LogP contribution is 2.34. The van der Waals surface area contributed by atoms with Gasteiger partial charge in [-0.1, -0.05) is 24.3 Å². The molecule has 0 unspecified atom stereocenters. The van der Waals surface area contributed by atoms with Gasteiger partial charge in [0.15, 0.2) is 0 Å². The largest absolute Gasteiger partial charge is 0.508 e. The number of phenols is 4. The van der Waals surface area contributed by atoms with Crippen LogP contribution in [0.3, 0.4) is 0 Å². The Morgan fingerprint density at radius 2 is 0.881 bits per heavy atom. The molecule has 0 aliphatic heterocycles. The Labute approximate surface area is 238 Å². The van der Waals surface area contributed by atoms with Gasteiger partial charge in [-0.15, -0.1) is 10.2 Å². The van der Waals surface area contributed by atoms with E-state index in [1.54, 1.807) is 0 Å². The number of phenolic OH excluding ortho intramolecular Hbond substituents is 4. The fraction of sp³-hybridized carbons (Fsp3) is 0. The van der Waals surface area contributed by atoms with Gasteiger partial charge < -0.3 is 20.4 Å². The van der Waals surface area contributed by atoms with Crippen molar-refractivity contribution in [1.82, 2.24) is 0 Å². The highest BCUT2D eigenvalue weighted by Gasteiger charge is 2.18. The van der Waals surface area contributed by atoms with Gasteiger partial charge in [0.25, 0.3) is 20.2 Å². The van der Waals surface area contributed by atoms with Crippen molar-refractivity contribution < 1.29 is 46.4 Å². The molecule has 216 valence electrons. The Morgan fingerprint density at radius 1 is 0.500 bits per heavy atom. The molecule has 0 aliphatic rings. The summed E-state index contributed by atoms with van der Waals surface area (Å²) in [5.41, 5.74) is -0.245. The van der Waals surface area contributed by atoms with Crippen LogP contribution in [0.25, 0.3) is 12.2 Å². The Hall–Kier alpha value is -5.16. The van der Waals surface area contributed by atoms with Crippen molar-refractivity contribution in [3.63, 3.8) is 0 Å². The first kappa shape index (κ1) is 29.8. The zero-order chi connectivity index (χ0) is 30.7. The molecule has 0 radical (unpaired) electrons. The first-order valence-electron chi connectivity index (χ1n) is 11.5. The molecule has 0 aromatic heterocycles. The molecule has 4 aromatic carbocycles. The summed E-state index contributed by atoms with van der Waals surface area (Å²) in [6, 6.07) is 14.3. The minimum absolute atomic E-state index is 0.0224. The molecule has 0 saturated heterocycles. The summed E-state index contributed by atoms with van der Waals surface area (Å²) in [7, 11) is -9.62. The van der Waals surface area contributed by atoms with Crippen LogP contribution in [-0.4, -0.2) is 46.4 Å². The summed E-state index contributed by atoms with van der Waals surface area (Å²) in [4.78, 5) is -1.20. The Kier molecular flexibility index (Phi) is 8.34. The molecule has 0 atom stereocenters. The van der Waals surface area contributed by atoms with E-state index in [1.807, 2.05) is 0 Å². The molecular weight excluding hydrogens is 592 g/mol. The zero-order valence-corrected chi connectivity index (χ0v) is 22.6. The number of aromatic hydroxyl groups is 4. The maximum absolute atomic E-state index is 12.1. The Balaban J connectivity index is 1.67.